The van der Waals surface area contributed by atoms with Gasteiger partial charge in [-0.2, -0.15) is 0 Å². The van der Waals surface area contributed by atoms with E-state index < -0.39 is 0 Å². The highest BCUT2D eigenvalue weighted by Crippen LogP contribution is 2.51. The highest BCUT2D eigenvalue weighted by atomic mass is 16.7. The topological polar surface area (TPSA) is 81.7 Å². The monoisotopic (exact) mass is 484 g/mol. The number of carbonyl (C=O) groups is 1. The number of aldehydes is 1. The molecule has 3 aromatic rings. The summed E-state index contributed by atoms with van der Waals surface area (Å²) in [5.74, 6) is 3.29. The van der Waals surface area contributed by atoms with Crippen LogP contribution in [0.25, 0.3) is 21.9 Å². The lowest BCUT2D eigenvalue weighted by molar-refractivity contribution is -0.107. The van der Waals surface area contributed by atoms with Crippen LogP contribution < -0.4 is 28.4 Å². The summed E-state index contributed by atoms with van der Waals surface area (Å²) in [6, 6.07) is 9.58. The zero-order chi connectivity index (χ0) is 25.4. The van der Waals surface area contributed by atoms with Gasteiger partial charge in [-0.15, -0.1) is 0 Å². The predicted molar refractivity (Wildman–Crippen MR) is 134 cm³/mol. The molecule has 3 rings (SSSR count). The zero-order valence-electron chi connectivity index (χ0n) is 21.1. The van der Waals surface area contributed by atoms with Gasteiger partial charge in [0.25, 0.3) is 0 Å². The summed E-state index contributed by atoms with van der Waals surface area (Å²) in [7, 11) is 9.49. The Balaban J connectivity index is 2.48. The van der Waals surface area contributed by atoms with Crippen molar-refractivity contribution in [3.8, 4) is 45.6 Å². The number of unbranched alkanes of at least 4 members (excludes halogenated alkanes) is 1. The summed E-state index contributed by atoms with van der Waals surface area (Å²) in [5, 5.41) is 1.55. The fraction of sp³-hybridized carbons (Fsp3) is 0.370. The van der Waals surface area contributed by atoms with Crippen LogP contribution in [0.2, 0.25) is 0 Å². The van der Waals surface area contributed by atoms with Gasteiger partial charge in [-0.1, -0.05) is 6.07 Å². The third-order valence-electron chi connectivity index (χ3n) is 5.74. The molecule has 0 bridgehead atoms. The summed E-state index contributed by atoms with van der Waals surface area (Å²) >= 11 is 0. The van der Waals surface area contributed by atoms with E-state index in [9.17, 15) is 4.79 Å². The Labute approximate surface area is 205 Å². The molecule has 0 amide bonds. The number of benzene rings is 3. The molecule has 188 valence electrons. The number of hydrogen-bond acceptors (Lipinski definition) is 8. The molecule has 0 unspecified atom stereocenters. The lowest BCUT2D eigenvalue weighted by Crippen LogP contribution is -2.04. The van der Waals surface area contributed by atoms with E-state index in [4.69, 9.17) is 33.2 Å². The molecule has 8 nitrogen and oxygen atoms in total. The molecule has 0 saturated carbocycles. The summed E-state index contributed by atoms with van der Waals surface area (Å²) in [4.78, 5) is 11.1. The molecule has 0 aliphatic carbocycles. The molecule has 0 N–H and O–H groups in total. The largest absolute Gasteiger partial charge is 0.493 e. The Morgan fingerprint density at radius 1 is 0.743 bits per heavy atom. The number of methoxy groups -OCH3 is 6. The minimum absolute atomic E-state index is 0.0647. The number of rotatable bonds is 13. The third-order valence-corrected chi connectivity index (χ3v) is 5.74. The van der Waals surface area contributed by atoms with Crippen LogP contribution in [0.5, 0.6) is 34.5 Å². The Kier molecular flexibility index (Phi) is 9.03. The van der Waals surface area contributed by atoms with Crippen LogP contribution in [0.15, 0.2) is 30.3 Å². The summed E-state index contributed by atoms with van der Waals surface area (Å²) in [6.07, 6.45) is 2.68. The standard InChI is InChI=1S/C27H32O8/c1-29-16-35-21-13-17(9-7-8-12-28)24(18-10-11-20(30-2)22(14-18)31-3)25-19(21)15-23(32-4)26(33-5)27(25)34-6/h10-15H,7-9,16H2,1-6H3. The van der Waals surface area contributed by atoms with Crippen molar-refractivity contribution in [2.45, 2.75) is 19.3 Å². The molecule has 0 aliphatic heterocycles. The average Bonchev–Trinajstić information content (AvgIpc) is 2.90. The van der Waals surface area contributed by atoms with Gasteiger partial charge in [0.05, 0.1) is 35.5 Å². The fourth-order valence-electron chi connectivity index (χ4n) is 4.20. The maximum absolute atomic E-state index is 11.1. The van der Waals surface area contributed by atoms with E-state index >= 15 is 0 Å². The van der Waals surface area contributed by atoms with Crippen molar-refractivity contribution in [2.75, 3.05) is 49.5 Å². The van der Waals surface area contributed by atoms with Crippen molar-refractivity contribution < 1.29 is 38.0 Å². The summed E-state index contributed by atoms with van der Waals surface area (Å²) in [5.41, 5.74) is 2.77. The normalized spacial score (nSPS) is 10.7. The molecule has 0 fully saturated rings. The lowest BCUT2D eigenvalue weighted by atomic mass is 9.89. The molecular formula is C27H32O8. The van der Waals surface area contributed by atoms with Gasteiger partial charge in [-0.05, 0) is 53.8 Å². The van der Waals surface area contributed by atoms with Crippen LogP contribution in [0.1, 0.15) is 18.4 Å². The molecular weight excluding hydrogens is 452 g/mol. The highest BCUT2D eigenvalue weighted by Gasteiger charge is 2.25. The molecule has 0 saturated heterocycles. The maximum Gasteiger partial charge on any atom is 0.203 e. The second-order valence-electron chi connectivity index (χ2n) is 7.66. The van der Waals surface area contributed by atoms with E-state index in [0.29, 0.717) is 53.8 Å². The molecule has 0 heterocycles. The van der Waals surface area contributed by atoms with Gasteiger partial charge in [0.1, 0.15) is 12.0 Å². The van der Waals surface area contributed by atoms with Crippen molar-refractivity contribution in [3.63, 3.8) is 0 Å². The van der Waals surface area contributed by atoms with Crippen molar-refractivity contribution in [3.05, 3.63) is 35.9 Å². The Morgan fingerprint density at radius 3 is 2.06 bits per heavy atom. The van der Waals surface area contributed by atoms with Crippen molar-refractivity contribution in [1.29, 1.82) is 0 Å². The van der Waals surface area contributed by atoms with E-state index in [1.165, 1.54) is 0 Å². The minimum atomic E-state index is 0.0647. The van der Waals surface area contributed by atoms with Gasteiger partial charge < -0.3 is 38.0 Å². The first kappa shape index (κ1) is 26.0. The molecule has 0 spiro atoms. The van der Waals surface area contributed by atoms with Crippen molar-refractivity contribution in [2.24, 2.45) is 0 Å². The van der Waals surface area contributed by atoms with Crippen LogP contribution in [-0.4, -0.2) is 55.7 Å². The third kappa shape index (κ3) is 5.22. The molecule has 0 aromatic heterocycles. The molecule has 0 aliphatic rings. The molecule has 35 heavy (non-hydrogen) atoms. The number of carbonyl (C=O) groups excluding carboxylic acids is 1. The van der Waals surface area contributed by atoms with E-state index in [2.05, 4.69) is 0 Å². The number of fused-ring (bicyclic) bond motifs is 1. The number of ether oxygens (including phenoxy) is 7. The van der Waals surface area contributed by atoms with Crippen molar-refractivity contribution in [1.82, 2.24) is 0 Å². The van der Waals surface area contributed by atoms with E-state index in [1.54, 1.807) is 42.7 Å². The Morgan fingerprint density at radius 2 is 1.46 bits per heavy atom. The molecule has 0 atom stereocenters. The van der Waals surface area contributed by atoms with Gasteiger partial charge in [-0.3, -0.25) is 0 Å². The van der Waals surface area contributed by atoms with Crippen LogP contribution in [0.4, 0.5) is 0 Å². The van der Waals surface area contributed by atoms with Gasteiger partial charge in [-0.25, -0.2) is 0 Å². The first-order chi connectivity index (χ1) is 17.1. The van der Waals surface area contributed by atoms with E-state index in [0.717, 1.165) is 33.7 Å². The molecule has 8 heteroatoms. The average molecular weight is 485 g/mol. The predicted octanol–water partition coefficient (Wildman–Crippen LogP) is 5.05. The Bertz CT molecular complexity index is 1170. The van der Waals surface area contributed by atoms with Crippen LogP contribution >= 0.6 is 0 Å². The van der Waals surface area contributed by atoms with Crippen LogP contribution in [0, 0.1) is 0 Å². The zero-order valence-corrected chi connectivity index (χ0v) is 21.1. The molecule has 0 radical (unpaired) electrons. The van der Waals surface area contributed by atoms with E-state index in [-0.39, 0.29) is 6.79 Å². The van der Waals surface area contributed by atoms with Crippen LogP contribution in [0.3, 0.4) is 0 Å². The van der Waals surface area contributed by atoms with Crippen LogP contribution in [-0.2, 0) is 16.0 Å². The summed E-state index contributed by atoms with van der Waals surface area (Å²) in [6.45, 7) is 0.0647. The SMILES string of the molecule is COCOc1cc(CCCC=O)c(-c2ccc(OC)c(OC)c2)c2c(OC)c(OC)c(OC)cc12. The summed E-state index contributed by atoms with van der Waals surface area (Å²) < 4.78 is 39.3. The second kappa shape index (κ2) is 12.2. The molecule has 3 aromatic carbocycles. The quantitative estimate of drug-likeness (QED) is 0.189. The number of aryl methyl sites for hydroxylation is 1. The number of hydrogen-bond donors (Lipinski definition) is 0. The van der Waals surface area contributed by atoms with Gasteiger partial charge in [0.2, 0.25) is 5.75 Å². The first-order valence-corrected chi connectivity index (χ1v) is 11.1. The minimum Gasteiger partial charge on any atom is -0.493 e. The first-order valence-electron chi connectivity index (χ1n) is 11.1. The van der Waals surface area contributed by atoms with Gasteiger partial charge >= 0.3 is 0 Å². The fourth-order valence-corrected chi connectivity index (χ4v) is 4.20. The lowest BCUT2D eigenvalue weighted by Gasteiger charge is -2.22. The maximum atomic E-state index is 11.1. The second-order valence-corrected chi connectivity index (χ2v) is 7.66. The van der Waals surface area contributed by atoms with Crippen molar-refractivity contribution >= 4 is 17.1 Å². The Hall–Kier alpha value is -3.65. The van der Waals surface area contributed by atoms with Gasteiger partial charge in [0.15, 0.2) is 29.8 Å². The highest BCUT2D eigenvalue weighted by molar-refractivity contribution is 6.08. The van der Waals surface area contributed by atoms with Gasteiger partial charge in [0, 0.05) is 24.3 Å². The smallest absolute Gasteiger partial charge is 0.203 e. The van der Waals surface area contributed by atoms with E-state index in [1.807, 2.05) is 30.3 Å².